The molecule has 0 aromatic heterocycles. The number of carboxylic acids is 1. The summed E-state index contributed by atoms with van der Waals surface area (Å²) in [4.78, 5) is 24.7. The molecule has 3 aromatic rings. The van der Waals surface area contributed by atoms with Crippen molar-refractivity contribution in [3.8, 4) is 22.6 Å². The Labute approximate surface area is 191 Å². The standard InChI is InChI=1S/C25H20ClNO5.H2/c1-14-2-5-17(12-18(14)15-3-6-20(26)19(10-15)23(28)29)27-24(30)25(8-9-25)16-4-7-21-22(11-16)32-13-31-21;/h2-7,10-12H,8-9,13H2,1H3,(H,27,30)(H,28,29);1H. The smallest absolute Gasteiger partial charge is 0.337 e. The molecule has 32 heavy (non-hydrogen) atoms. The van der Waals surface area contributed by atoms with Gasteiger partial charge in [0, 0.05) is 7.11 Å². The van der Waals surface area contributed by atoms with Gasteiger partial charge in [-0.1, -0.05) is 29.8 Å². The average molecular weight is 452 g/mol. The summed E-state index contributed by atoms with van der Waals surface area (Å²) in [5.41, 5.74) is 3.52. The third-order valence-corrected chi connectivity index (χ3v) is 6.44. The van der Waals surface area contributed by atoms with E-state index in [0.717, 1.165) is 35.1 Å². The summed E-state index contributed by atoms with van der Waals surface area (Å²) in [5, 5.41) is 12.6. The van der Waals surface area contributed by atoms with Gasteiger partial charge in [0.15, 0.2) is 11.5 Å². The Morgan fingerprint density at radius 2 is 1.81 bits per heavy atom. The quantitative estimate of drug-likeness (QED) is 0.523. The lowest BCUT2D eigenvalue weighted by Crippen LogP contribution is -2.27. The van der Waals surface area contributed by atoms with Crippen LogP contribution < -0.4 is 14.8 Å². The van der Waals surface area contributed by atoms with Crippen LogP contribution in [0.2, 0.25) is 5.02 Å². The lowest BCUT2D eigenvalue weighted by Gasteiger charge is -2.17. The lowest BCUT2D eigenvalue weighted by molar-refractivity contribution is -0.118. The molecule has 0 atom stereocenters. The van der Waals surface area contributed by atoms with E-state index in [0.29, 0.717) is 17.2 Å². The fourth-order valence-corrected chi connectivity index (χ4v) is 4.28. The third kappa shape index (κ3) is 3.46. The van der Waals surface area contributed by atoms with E-state index in [1.807, 2.05) is 43.3 Å². The highest BCUT2D eigenvalue weighted by molar-refractivity contribution is 6.33. The summed E-state index contributed by atoms with van der Waals surface area (Å²) in [6, 6.07) is 16.2. The van der Waals surface area contributed by atoms with E-state index in [1.165, 1.54) is 0 Å². The number of fused-ring (bicyclic) bond motifs is 1. The number of hydrogen-bond donors (Lipinski definition) is 2. The monoisotopic (exact) mass is 451 g/mol. The number of amides is 1. The van der Waals surface area contributed by atoms with E-state index in [-0.39, 0.29) is 24.7 Å². The summed E-state index contributed by atoms with van der Waals surface area (Å²) in [6.45, 7) is 2.13. The first-order valence-electron chi connectivity index (χ1n) is 10.2. The highest BCUT2D eigenvalue weighted by Gasteiger charge is 2.51. The van der Waals surface area contributed by atoms with Crippen LogP contribution in [0.1, 0.15) is 35.8 Å². The predicted octanol–water partition coefficient (Wildman–Crippen LogP) is 5.66. The van der Waals surface area contributed by atoms with Gasteiger partial charge >= 0.3 is 5.97 Å². The molecule has 5 rings (SSSR count). The van der Waals surface area contributed by atoms with E-state index >= 15 is 0 Å². The maximum absolute atomic E-state index is 13.2. The maximum atomic E-state index is 13.2. The van der Waals surface area contributed by atoms with Crippen LogP contribution in [0.25, 0.3) is 11.1 Å². The summed E-state index contributed by atoms with van der Waals surface area (Å²) in [6.07, 6.45) is 1.52. The lowest BCUT2D eigenvalue weighted by atomic mass is 9.94. The molecule has 0 radical (unpaired) electrons. The summed E-state index contributed by atoms with van der Waals surface area (Å²) in [7, 11) is 0. The number of nitrogens with one attached hydrogen (secondary N) is 1. The van der Waals surface area contributed by atoms with Crippen LogP contribution in [0.3, 0.4) is 0 Å². The molecule has 6 nitrogen and oxygen atoms in total. The van der Waals surface area contributed by atoms with Crippen molar-refractivity contribution in [3.63, 3.8) is 0 Å². The van der Waals surface area contributed by atoms with Crippen LogP contribution >= 0.6 is 11.6 Å². The topological polar surface area (TPSA) is 84.9 Å². The van der Waals surface area contributed by atoms with Crippen molar-refractivity contribution in [2.24, 2.45) is 0 Å². The highest BCUT2D eigenvalue weighted by atomic mass is 35.5. The zero-order chi connectivity index (χ0) is 22.5. The molecule has 0 spiro atoms. The van der Waals surface area contributed by atoms with Crippen molar-refractivity contribution in [3.05, 3.63) is 76.3 Å². The number of carbonyl (C=O) groups excluding carboxylic acids is 1. The van der Waals surface area contributed by atoms with Crippen molar-refractivity contribution >= 4 is 29.2 Å². The van der Waals surface area contributed by atoms with Gasteiger partial charge in [-0.05, 0) is 78.4 Å². The molecule has 0 unspecified atom stereocenters. The minimum Gasteiger partial charge on any atom is -0.478 e. The number of ether oxygens (including phenoxy) is 2. The Bertz CT molecular complexity index is 1270. The second-order valence-corrected chi connectivity index (χ2v) is 8.54. The van der Waals surface area contributed by atoms with E-state index in [9.17, 15) is 14.7 Å². The first kappa shape index (κ1) is 20.4. The van der Waals surface area contributed by atoms with Gasteiger partial charge in [0.1, 0.15) is 0 Å². The Kier molecular flexibility index (Phi) is 4.82. The van der Waals surface area contributed by atoms with Crippen LogP contribution in [0.5, 0.6) is 11.5 Å². The van der Waals surface area contributed by atoms with Gasteiger partial charge in [0.05, 0.1) is 16.0 Å². The molecule has 1 saturated carbocycles. The van der Waals surface area contributed by atoms with Crippen molar-refractivity contribution < 1.29 is 25.6 Å². The predicted molar refractivity (Wildman–Crippen MR) is 123 cm³/mol. The van der Waals surface area contributed by atoms with Gasteiger partial charge in [0.2, 0.25) is 12.7 Å². The highest BCUT2D eigenvalue weighted by Crippen LogP contribution is 2.51. The number of anilines is 1. The maximum Gasteiger partial charge on any atom is 0.337 e. The van der Waals surface area contributed by atoms with Gasteiger partial charge < -0.3 is 19.9 Å². The number of carbonyl (C=O) groups is 2. The van der Waals surface area contributed by atoms with Crippen LogP contribution in [-0.4, -0.2) is 23.8 Å². The Balaban J connectivity index is 0.00000259. The fourth-order valence-electron chi connectivity index (χ4n) is 4.08. The molecule has 2 N–H and O–H groups in total. The molecular weight excluding hydrogens is 430 g/mol. The number of hydrogen-bond acceptors (Lipinski definition) is 4. The Morgan fingerprint density at radius 3 is 2.56 bits per heavy atom. The molecule has 1 amide bonds. The largest absolute Gasteiger partial charge is 0.478 e. The van der Waals surface area contributed by atoms with Crippen molar-refractivity contribution in [2.75, 3.05) is 12.1 Å². The molecule has 1 aliphatic heterocycles. The first-order chi connectivity index (χ1) is 15.4. The molecule has 2 aliphatic rings. The van der Waals surface area contributed by atoms with E-state index in [4.69, 9.17) is 21.1 Å². The molecular formula is C25H22ClNO5. The number of carboxylic acid groups (broad SMARTS) is 1. The SMILES string of the molecule is Cc1ccc(NC(=O)C2(c3ccc4c(c3)OCO4)CC2)cc1-c1ccc(Cl)c(C(=O)O)c1.[HH]. The molecule has 0 saturated heterocycles. The van der Waals surface area contributed by atoms with E-state index < -0.39 is 11.4 Å². The molecule has 7 heteroatoms. The minimum absolute atomic E-state index is 0. The van der Waals surface area contributed by atoms with Crippen LogP contribution in [0.4, 0.5) is 5.69 Å². The third-order valence-electron chi connectivity index (χ3n) is 6.11. The van der Waals surface area contributed by atoms with Gasteiger partial charge in [-0.3, -0.25) is 4.79 Å². The van der Waals surface area contributed by atoms with Gasteiger partial charge in [0.25, 0.3) is 0 Å². The molecule has 1 heterocycles. The van der Waals surface area contributed by atoms with Gasteiger partial charge in [-0.2, -0.15) is 0 Å². The number of halogens is 1. The Hall–Kier alpha value is -3.51. The minimum atomic E-state index is -1.08. The molecule has 1 aliphatic carbocycles. The van der Waals surface area contributed by atoms with Crippen LogP contribution in [-0.2, 0) is 10.2 Å². The number of aryl methyl sites for hydroxylation is 1. The van der Waals surface area contributed by atoms with Crippen molar-refractivity contribution in [1.82, 2.24) is 0 Å². The Morgan fingerprint density at radius 1 is 1.03 bits per heavy atom. The van der Waals surface area contributed by atoms with Crippen molar-refractivity contribution in [1.29, 1.82) is 0 Å². The number of aromatic carboxylic acids is 1. The second-order valence-electron chi connectivity index (χ2n) is 8.13. The number of rotatable bonds is 5. The zero-order valence-electron chi connectivity index (χ0n) is 17.3. The second kappa shape index (κ2) is 7.57. The summed E-state index contributed by atoms with van der Waals surface area (Å²) in [5.74, 6) is 0.194. The molecule has 0 bridgehead atoms. The summed E-state index contributed by atoms with van der Waals surface area (Å²) >= 11 is 6.01. The van der Waals surface area contributed by atoms with Crippen LogP contribution in [0, 0.1) is 6.92 Å². The first-order valence-corrected chi connectivity index (χ1v) is 10.6. The van der Waals surface area contributed by atoms with Crippen LogP contribution in [0.15, 0.2) is 54.6 Å². The van der Waals surface area contributed by atoms with E-state index in [2.05, 4.69) is 5.32 Å². The number of benzene rings is 3. The molecule has 164 valence electrons. The van der Waals surface area contributed by atoms with Gasteiger partial charge in [-0.15, -0.1) is 0 Å². The molecule has 1 fully saturated rings. The van der Waals surface area contributed by atoms with E-state index in [1.54, 1.807) is 18.2 Å². The van der Waals surface area contributed by atoms with Gasteiger partial charge in [-0.25, -0.2) is 4.79 Å². The normalized spacial score (nSPS) is 15.3. The average Bonchev–Trinajstić information content (AvgIpc) is 3.46. The van der Waals surface area contributed by atoms with Crippen molar-refractivity contribution in [2.45, 2.75) is 25.2 Å². The fraction of sp³-hybridized carbons (Fsp3) is 0.200. The molecule has 3 aromatic carbocycles. The zero-order valence-corrected chi connectivity index (χ0v) is 18.0. The summed E-state index contributed by atoms with van der Waals surface area (Å²) < 4.78 is 10.8.